The van der Waals surface area contributed by atoms with Gasteiger partial charge in [0.2, 0.25) is 0 Å². The van der Waals surface area contributed by atoms with E-state index in [1.54, 1.807) is 6.07 Å². The lowest BCUT2D eigenvalue weighted by Crippen LogP contribution is -2.07. The van der Waals surface area contributed by atoms with E-state index >= 15 is 0 Å². The lowest BCUT2D eigenvalue weighted by molar-refractivity contribution is 0.177. The Bertz CT molecular complexity index is 611. The Morgan fingerprint density at radius 3 is 2.52 bits per heavy atom. The number of ether oxygens (including phenoxy) is 1. The highest BCUT2D eigenvalue weighted by Gasteiger charge is 2.13. The van der Waals surface area contributed by atoms with Crippen molar-refractivity contribution in [2.24, 2.45) is 0 Å². The third-order valence-electron chi connectivity index (χ3n) is 3.06. The molecule has 0 radical (unpaired) electrons. The van der Waals surface area contributed by atoms with Crippen LogP contribution in [0.4, 0.5) is 0 Å². The molecule has 21 heavy (non-hydrogen) atoms. The van der Waals surface area contributed by atoms with Gasteiger partial charge in [0.15, 0.2) is 0 Å². The minimum Gasteiger partial charge on any atom is -0.491 e. The fraction of sp³-hybridized carbons (Fsp3) is 0.294. The van der Waals surface area contributed by atoms with E-state index in [1.807, 2.05) is 50.2 Å². The van der Waals surface area contributed by atoms with Crippen molar-refractivity contribution in [3.8, 4) is 5.75 Å². The van der Waals surface area contributed by atoms with E-state index in [0.29, 0.717) is 16.5 Å². The molecule has 0 saturated heterocycles. The number of hydrogen-bond acceptors (Lipinski definition) is 2. The van der Waals surface area contributed by atoms with Gasteiger partial charge in [0.1, 0.15) is 5.75 Å². The van der Waals surface area contributed by atoms with Crippen molar-refractivity contribution < 1.29 is 9.84 Å². The van der Waals surface area contributed by atoms with Crippen molar-refractivity contribution in [3.05, 3.63) is 63.6 Å². The first kappa shape index (κ1) is 16.2. The zero-order chi connectivity index (χ0) is 15.4. The monoisotopic (exact) mass is 324 g/mol. The van der Waals surface area contributed by atoms with Crippen LogP contribution in [-0.2, 0) is 6.42 Å². The SMILES string of the molecule is CC(C)Oc1cccc(C(O)Cc2cccc(Cl)c2Cl)c1. The molecule has 0 aromatic heterocycles. The van der Waals surface area contributed by atoms with Gasteiger partial charge in [-0.2, -0.15) is 0 Å². The third-order valence-corrected chi connectivity index (χ3v) is 3.92. The largest absolute Gasteiger partial charge is 0.491 e. The Hall–Kier alpha value is -1.22. The van der Waals surface area contributed by atoms with Crippen LogP contribution in [0.1, 0.15) is 31.1 Å². The molecule has 2 aromatic carbocycles. The van der Waals surface area contributed by atoms with Gasteiger partial charge in [0.25, 0.3) is 0 Å². The molecule has 2 rings (SSSR count). The van der Waals surface area contributed by atoms with E-state index in [0.717, 1.165) is 16.9 Å². The molecule has 1 unspecified atom stereocenters. The van der Waals surface area contributed by atoms with Crippen molar-refractivity contribution >= 4 is 23.2 Å². The summed E-state index contributed by atoms with van der Waals surface area (Å²) in [6, 6.07) is 12.9. The first-order valence-corrected chi connectivity index (χ1v) is 7.60. The third kappa shape index (κ3) is 4.37. The van der Waals surface area contributed by atoms with Gasteiger partial charge in [0.05, 0.1) is 22.3 Å². The number of aliphatic hydroxyl groups excluding tert-OH is 1. The van der Waals surface area contributed by atoms with Crippen LogP contribution in [0.5, 0.6) is 5.75 Å². The van der Waals surface area contributed by atoms with E-state index in [1.165, 1.54) is 0 Å². The molecular weight excluding hydrogens is 307 g/mol. The van der Waals surface area contributed by atoms with Gasteiger partial charge < -0.3 is 9.84 Å². The summed E-state index contributed by atoms with van der Waals surface area (Å²) in [7, 11) is 0. The maximum Gasteiger partial charge on any atom is 0.120 e. The van der Waals surface area contributed by atoms with E-state index in [-0.39, 0.29) is 6.10 Å². The van der Waals surface area contributed by atoms with Crippen LogP contribution >= 0.6 is 23.2 Å². The summed E-state index contributed by atoms with van der Waals surface area (Å²) in [4.78, 5) is 0. The molecule has 2 nitrogen and oxygen atoms in total. The molecule has 0 fully saturated rings. The summed E-state index contributed by atoms with van der Waals surface area (Å²) in [5, 5.41) is 11.4. The molecule has 0 aliphatic carbocycles. The molecule has 0 aliphatic heterocycles. The minimum atomic E-state index is -0.656. The standard InChI is InChI=1S/C17H18Cl2O2/c1-11(2)21-14-7-3-5-12(9-14)16(20)10-13-6-4-8-15(18)17(13)19/h3-9,11,16,20H,10H2,1-2H3. The Morgan fingerprint density at radius 1 is 1.10 bits per heavy atom. The van der Waals surface area contributed by atoms with Crippen LogP contribution in [0, 0.1) is 0 Å². The van der Waals surface area contributed by atoms with Gasteiger partial charge in [-0.05, 0) is 43.2 Å². The normalized spacial score (nSPS) is 12.5. The smallest absolute Gasteiger partial charge is 0.120 e. The summed E-state index contributed by atoms with van der Waals surface area (Å²) < 4.78 is 5.64. The summed E-state index contributed by atoms with van der Waals surface area (Å²) in [5.74, 6) is 0.749. The van der Waals surface area contributed by atoms with Crippen LogP contribution in [0.3, 0.4) is 0 Å². The van der Waals surface area contributed by atoms with Crippen LogP contribution in [0.2, 0.25) is 10.0 Å². The Kier molecular flexibility index (Phi) is 5.51. The molecule has 0 amide bonds. The van der Waals surface area contributed by atoms with Crippen LogP contribution in [0.25, 0.3) is 0 Å². The van der Waals surface area contributed by atoms with E-state index in [4.69, 9.17) is 27.9 Å². The lowest BCUT2D eigenvalue weighted by Gasteiger charge is -2.15. The molecule has 0 saturated carbocycles. The fourth-order valence-corrected chi connectivity index (χ4v) is 2.50. The van der Waals surface area contributed by atoms with E-state index in [9.17, 15) is 5.11 Å². The number of benzene rings is 2. The van der Waals surface area contributed by atoms with Crippen molar-refractivity contribution in [1.29, 1.82) is 0 Å². The molecule has 1 atom stereocenters. The van der Waals surface area contributed by atoms with Gasteiger partial charge in [-0.3, -0.25) is 0 Å². The van der Waals surface area contributed by atoms with Crippen LogP contribution in [-0.4, -0.2) is 11.2 Å². The topological polar surface area (TPSA) is 29.5 Å². The molecule has 0 spiro atoms. The number of aliphatic hydroxyl groups is 1. The van der Waals surface area contributed by atoms with E-state index in [2.05, 4.69) is 0 Å². The molecule has 0 bridgehead atoms. The van der Waals surface area contributed by atoms with Crippen LogP contribution < -0.4 is 4.74 Å². The van der Waals surface area contributed by atoms with Crippen LogP contribution in [0.15, 0.2) is 42.5 Å². The van der Waals surface area contributed by atoms with Crippen molar-refractivity contribution in [1.82, 2.24) is 0 Å². The first-order valence-electron chi connectivity index (χ1n) is 6.85. The van der Waals surface area contributed by atoms with Gasteiger partial charge >= 0.3 is 0 Å². The quantitative estimate of drug-likeness (QED) is 0.833. The highest BCUT2D eigenvalue weighted by molar-refractivity contribution is 6.42. The van der Waals surface area contributed by atoms with Gasteiger partial charge in [-0.1, -0.05) is 47.5 Å². The maximum atomic E-state index is 10.4. The fourth-order valence-electron chi connectivity index (χ4n) is 2.10. The zero-order valence-electron chi connectivity index (χ0n) is 12.0. The van der Waals surface area contributed by atoms with Crippen molar-refractivity contribution in [2.75, 3.05) is 0 Å². The zero-order valence-corrected chi connectivity index (χ0v) is 13.5. The average molecular weight is 325 g/mol. The Labute approximate surface area is 135 Å². The predicted octanol–water partition coefficient (Wildman–Crippen LogP) is 5.06. The van der Waals surface area contributed by atoms with E-state index < -0.39 is 6.10 Å². The Balaban J connectivity index is 2.16. The summed E-state index contributed by atoms with van der Waals surface area (Å²) in [6.07, 6.45) is -0.152. The molecule has 112 valence electrons. The second kappa shape index (κ2) is 7.17. The molecule has 2 aromatic rings. The summed E-state index contributed by atoms with van der Waals surface area (Å²) >= 11 is 12.1. The lowest BCUT2D eigenvalue weighted by atomic mass is 10.0. The second-order valence-electron chi connectivity index (χ2n) is 5.17. The van der Waals surface area contributed by atoms with Gasteiger partial charge in [-0.25, -0.2) is 0 Å². The predicted molar refractivity (Wildman–Crippen MR) is 87.3 cm³/mol. The first-order chi connectivity index (χ1) is 9.97. The Morgan fingerprint density at radius 2 is 1.81 bits per heavy atom. The molecule has 4 heteroatoms. The number of halogens is 2. The summed E-state index contributed by atoms with van der Waals surface area (Å²) in [6.45, 7) is 3.93. The van der Waals surface area contributed by atoms with Gasteiger partial charge in [0, 0.05) is 6.42 Å². The number of hydrogen-bond donors (Lipinski definition) is 1. The number of rotatable bonds is 5. The molecule has 0 heterocycles. The second-order valence-corrected chi connectivity index (χ2v) is 5.96. The molecule has 1 N–H and O–H groups in total. The average Bonchev–Trinajstić information content (AvgIpc) is 2.43. The highest BCUT2D eigenvalue weighted by Crippen LogP contribution is 2.30. The highest BCUT2D eigenvalue weighted by atomic mass is 35.5. The van der Waals surface area contributed by atoms with Gasteiger partial charge in [-0.15, -0.1) is 0 Å². The summed E-state index contributed by atoms with van der Waals surface area (Å²) in [5.41, 5.74) is 1.62. The van der Waals surface area contributed by atoms with Crippen molar-refractivity contribution in [3.63, 3.8) is 0 Å². The maximum absolute atomic E-state index is 10.4. The molecule has 0 aliphatic rings. The van der Waals surface area contributed by atoms with Crippen molar-refractivity contribution in [2.45, 2.75) is 32.5 Å². The molecular formula is C17H18Cl2O2. The minimum absolute atomic E-state index is 0.0970.